The highest BCUT2D eigenvalue weighted by Gasteiger charge is 2.12. The zero-order valence-electron chi connectivity index (χ0n) is 7.09. The Balaban J connectivity index is 2.64. The summed E-state index contributed by atoms with van der Waals surface area (Å²) in [7, 11) is 0. The van der Waals surface area contributed by atoms with Crippen molar-refractivity contribution in [3.05, 3.63) is 39.9 Å². The van der Waals surface area contributed by atoms with Crippen LogP contribution in [0.2, 0.25) is 5.28 Å². The van der Waals surface area contributed by atoms with Crippen LogP contribution < -0.4 is 0 Å². The number of hydrogen-bond donors (Lipinski definition) is 0. The third kappa shape index (κ3) is 1.87. The maximum absolute atomic E-state index is 13.4. The second-order valence-electron chi connectivity index (χ2n) is 2.69. The molecule has 0 saturated heterocycles. The van der Waals surface area contributed by atoms with Gasteiger partial charge in [-0.25, -0.2) is 8.78 Å². The molecule has 0 aliphatic carbocycles. The van der Waals surface area contributed by atoms with Crippen molar-refractivity contribution < 1.29 is 8.78 Å². The van der Waals surface area contributed by atoms with Crippen molar-refractivity contribution in [2.45, 2.75) is 0 Å². The molecule has 0 saturated carbocycles. The minimum Gasteiger partial charge on any atom is -0.269 e. The lowest BCUT2D eigenvalue weighted by Crippen LogP contribution is -1.98. The first-order valence-corrected chi connectivity index (χ1v) is 4.97. The molecule has 1 aromatic carbocycles. The van der Waals surface area contributed by atoms with Crippen LogP contribution >= 0.6 is 27.5 Å². The SMILES string of the molecule is Fc1cc(F)c(-n2cnnc2Cl)cc1Br. The molecular formula is C8H3BrClF2N3. The van der Waals surface area contributed by atoms with E-state index in [1.54, 1.807) is 0 Å². The van der Waals surface area contributed by atoms with Crippen LogP contribution in [0.4, 0.5) is 8.78 Å². The normalized spacial score (nSPS) is 10.7. The fourth-order valence-electron chi connectivity index (χ4n) is 1.08. The first-order chi connectivity index (χ1) is 7.09. The molecule has 3 nitrogen and oxygen atoms in total. The van der Waals surface area contributed by atoms with E-state index >= 15 is 0 Å². The van der Waals surface area contributed by atoms with Crippen LogP contribution in [0.15, 0.2) is 22.9 Å². The Morgan fingerprint density at radius 2 is 2.00 bits per heavy atom. The first-order valence-electron chi connectivity index (χ1n) is 3.80. The van der Waals surface area contributed by atoms with E-state index in [1.807, 2.05) is 0 Å². The number of nitrogens with zero attached hydrogens (tertiary/aromatic N) is 3. The molecule has 2 aromatic rings. The highest BCUT2D eigenvalue weighted by atomic mass is 79.9. The second kappa shape index (κ2) is 3.86. The molecule has 0 spiro atoms. The number of aromatic nitrogens is 3. The summed E-state index contributed by atoms with van der Waals surface area (Å²) in [5, 5.41) is 6.99. The maximum atomic E-state index is 13.4. The highest BCUT2D eigenvalue weighted by Crippen LogP contribution is 2.24. The van der Waals surface area contributed by atoms with E-state index < -0.39 is 11.6 Å². The Labute approximate surface area is 96.8 Å². The summed E-state index contributed by atoms with van der Waals surface area (Å²) in [6, 6.07) is 2.02. The quantitative estimate of drug-likeness (QED) is 0.757. The van der Waals surface area contributed by atoms with Gasteiger partial charge >= 0.3 is 0 Å². The van der Waals surface area contributed by atoms with Gasteiger partial charge in [-0.3, -0.25) is 4.57 Å². The second-order valence-corrected chi connectivity index (χ2v) is 3.88. The summed E-state index contributed by atoms with van der Waals surface area (Å²) < 4.78 is 27.7. The standard InChI is InChI=1S/C8H3BrClF2N3/c9-4-1-7(6(12)2-5(4)11)15-3-13-14-8(15)10/h1-3H. The molecule has 0 bridgehead atoms. The van der Waals surface area contributed by atoms with Crippen LogP contribution in [-0.4, -0.2) is 14.8 Å². The molecule has 15 heavy (non-hydrogen) atoms. The largest absolute Gasteiger partial charge is 0.269 e. The van der Waals surface area contributed by atoms with Gasteiger partial charge in [-0.1, -0.05) is 0 Å². The monoisotopic (exact) mass is 293 g/mol. The van der Waals surface area contributed by atoms with Crippen LogP contribution in [-0.2, 0) is 0 Å². The first kappa shape index (κ1) is 10.5. The summed E-state index contributed by atoms with van der Waals surface area (Å²) >= 11 is 8.60. The van der Waals surface area contributed by atoms with Gasteiger partial charge in [0.2, 0.25) is 5.28 Å². The molecule has 0 aliphatic rings. The van der Waals surface area contributed by atoms with Gasteiger partial charge in [0.05, 0.1) is 10.2 Å². The number of halogens is 4. The molecule has 7 heteroatoms. The summed E-state index contributed by atoms with van der Waals surface area (Å²) in [6.45, 7) is 0. The van der Waals surface area contributed by atoms with Crippen molar-refractivity contribution in [1.29, 1.82) is 0 Å². The van der Waals surface area contributed by atoms with Crippen LogP contribution in [0.3, 0.4) is 0 Å². The number of hydrogen-bond acceptors (Lipinski definition) is 2. The van der Waals surface area contributed by atoms with E-state index in [0.717, 1.165) is 6.07 Å². The van der Waals surface area contributed by atoms with E-state index in [-0.39, 0.29) is 15.4 Å². The molecule has 0 atom stereocenters. The van der Waals surface area contributed by atoms with Gasteiger partial charge in [0.25, 0.3) is 0 Å². The smallest absolute Gasteiger partial charge is 0.229 e. The summed E-state index contributed by atoms with van der Waals surface area (Å²) in [5.74, 6) is -1.42. The summed E-state index contributed by atoms with van der Waals surface area (Å²) in [5.41, 5.74) is 0.0817. The highest BCUT2D eigenvalue weighted by molar-refractivity contribution is 9.10. The molecule has 0 N–H and O–H groups in total. The van der Waals surface area contributed by atoms with Gasteiger partial charge in [-0.15, -0.1) is 10.2 Å². The molecule has 1 aromatic heterocycles. The maximum Gasteiger partial charge on any atom is 0.229 e. The van der Waals surface area contributed by atoms with Gasteiger partial charge in [-0.2, -0.15) is 0 Å². The molecule has 0 amide bonds. The fourth-order valence-corrected chi connectivity index (χ4v) is 1.59. The molecule has 78 valence electrons. The predicted octanol–water partition coefficient (Wildman–Crippen LogP) is 2.96. The number of benzene rings is 1. The zero-order chi connectivity index (χ0) is 11.0. The van der Waals surface area contributed by atoms with Crippen LogP contribution in [0, 0.1) is 11.6 Å². The minimum atomic E-state index is -0.739. The molecule has 1 heterocycles. The molecule has 0 unspecified atom stereocenters. The predicted molar refractivity (Wildman–Crippen MR) is 54.0 cm³/mol. The lowest BCUT2D eigenvalue weighted by Gasteiger charge is -2.05. The van der Waals surface area contributed by atoms with Gasteiger partial charge in [0.15, 0.2) is 0 Å². The van der Waals surface area contributed by atoms with Gasteiger partial charge in [0.1, 0.15) is 18.0 Å². The zero-order valence-corrected chi connectivity index (χ0v) is 9.43. The number of rotatable bonds is 1. The topological polar surface area (TPSA) is 30.7 Å². The lowest BCUT2D eigenvalue weighted by atomic mass is 10.3. The fraction of sp³-hybridized carbons (Fsp3) is 0. The third-order valence-corrected chi connectivity index (χ3v) is 2.62. The Hall–Kier alpha value is -1.01. The average molecular weight is 294 g/mol. The van der Waals surface area contributed by atoms with Gasteiger partial charge in [0, 0.05) is 6.07 Å². The van der Waals surface area contributed by atoms with E-state index in [2.05, 4.69) is 26.1 Å². The van der Waals surface area contributed by atoms with Crippen LogP contribution in [0.1, 0.15) is 0 Å². The Morgan fingerprint density at radius 3 is 2.60 bits per heavy atom. The van der Waals surface area contributed by atoms with Crippen LogP contribution in [0.25, 0.3) is 5.69 Å². The van der Waals surface area contributed by atoms with Crippen molar-refractivity contribution in [3.8, 4) is 5.69 Å². The van der Waals surface area contributed by atoms with Gasteiger partial charge < -0.3 is 0 Å². The Morgan fingerprint density at radius 1 is 1.27 bits per heavy atom. The van der Waals surface area contributed by atoms with E-state index in [9.17, 15) is 8.78 Å². The van der Waals surface area contributed by atoms with Crippen molar-refractivity contribution >= 4 is 27.5 Å². The van der Waals surface area contributed by atoms with Gasteiger partial charge in [-0.05, 0) is 33.6 Å². The lowest BCUT2D eigenvalue weighted by molar-refractivity contribution is 0.573. The minimum absolute atomic E-state index is 0.00686. The van der Waals surface area contributed by atoms with Crippen molar-refractivity contribution in [1.82, 2.24) is 14.8 Å². The van der Waals surface area contributed by atoms with Crippen molar-refractivity contribution in [2.24, 2.45) is 0 Å². The Kier molecular flexibility index (Phi) is 2.70. The molecule has 2 rings (SSSR count). The van der Waals surface area contributed by atoms with Crippen LogP contribution in [0.5, 0.6) is 0 Å². The molecular weight excluding hydrogens is 291 g/mol. The molecule has 0 fully saturated rings. The third-order valence-electron chi connectivity index (χ3n) is 1.76. The van der Waals surface area contributed by atoms with E-state index in [0.29, 0.717) is 0 Å². The summed E-state index contributed by atoms with van der Waals surface area (Å²) in [4.78, 5) is 0. The summed E-state index contributed by atoms with van der Waals surface area (Å²) in [6.07, 6.45) is 1.24. The van der Waals surface area contributed by atoms with E-state index in [1.165, 1.54) is 17.0 Å². The average Bonchev–Trinajstić information content (AvgIpc) is 2.58. The molecule has 0 aliphatic heterocycles. The van der Waals surface area contributed by atoms with Crippen molar-refractivity contribution in [3.63, 3.8) is 0 Å². The van der Waals surface area contributed by atoms with E-state index in [4.69, 9.17) is 11.6 Å². The van der Waals surface area contributed by atoms with Crippen molar-refractivity contribution in [2.75, 3.05) is 0 Å². The molecule has 0 radical (unpaired) electrons. The Bertz CT molecular complexity index is 515.